The number of rotatable bonds is 3. The lowest BCUT2D eigenvalue weighted by Crippen LogP contribution is -2.44. The monoisotopic (exact) mass is 352 g/mol. The molecule has 138 valence electrons. The summed E-state index contributed by atoms with van der Waals surface area (Å²) in [6, 6.07) is 5.99. The minimum Gasteiger partial charge on any atom is -0.495 e. The molecular formula is C22H28N2O2. The maximum atomic E-state index is 12.9. The number of hydrogen-bond acceptors (Lipinski definition) is 4. The number of nitrogens with zero attached hydrogens (tertiary/aromatic N) is 1. The Bertz CT molecular complexity index is 763. The van der Waals surface area contributed by atoms with Crippen LogP contribution in [-0.4, -0.2) is 18.4 Å². The number of fused-ring (bicyclic) bond motifs is 1. The highest BCUT2D eigenvalue weighted by molar-refractivity contribution is 5.98. The van der Waals surface area contributed by atoms with Crippen molar-refractivity contribution < 1.29 is 9.53 Å². The van der Waals surface area contributed by atoms with Gasteiger partial charge in [-0.25, -0.2) is 0 Å². The molecule has 0 bridgehead atoms. The fourth-order valence-corrected chi connectivity index (χ4v) is 4.17. The minimum atomic E-state index is -0.151. The van der Waals surface area contributed by atoms with Gasteiger partial charge in [0.05, 0.1) is 12.7 Å². The van der Waals surface area contributed by atoms with Crippen molar-refractivity contribution in [3.63, 3.8) is 0 Å². The van der Waals surface area contributed by atoms with Crippen LogP contribution in [0.2, 0.25) is 0 Å². The molecule has 1 aliphatic heterocycles. The van der Waals surface area contributed by atoms with Gasteiger partial charge in [0.2, 0.25) is 0 Å². The van der Waals surface area contributed by atoms with Crippen LogP contribution in [-0.2, 0) is 11.2 Å². The van der Waals surface area contributed by atoms with E-state index in [9.17, 15) is 10.1 Å². The molecular weight excluding hydrogens is 324 g/mol. The molecule has 0 radical (unpaired) electrons. The molecule has 1 heterocycles. The van der Waals surface area contributed by atoms with E-state index in [0.29, 0.717) is 11.3 Å². The Morgan fingerprint density at radius 3 is 2.58 bits per heavy atom. The molecule has 0 saturated heterocycles. The Morgan fingerprint density at radius 1 is 1.27 bits per heavy atom. The number of carbonyl (C=O) groups is 1. The van der Waals surface area contributed by atoms with Gasteiger partial charge in [-0.15, -0.1) is 0 Å². The third-order valence-corrected chi connectivity index (χ3v) is 5.49. The van der Waals surface area contributed by atoms with Gasteiger partial charge in [0, 0.05) is 28.8 Å². The molecule has 2 aliphatic rings. The summed E-state index contributed by atoms with van der Waals surface area (Å²) >= 11 is 0. The molecule has 0 amide bonds. The number of methoxy groups -OCH3 is 1. The SMILES string of the molecule is COc1cc2c(cc1C#N)C(=CC(=O)C1CCCCCC1)NC(C)(C)C2. The van der Waals surface area contributed by atoms with Crippen molar-refractivity contribution in [3.05, 3.63) is 34.9 Å². The molecule has 1 aromatic rings. The van der Waals surface area contributed by atoms with Gasteiger partial charge in [0.1, 0.15) is 11.8 Å². The summed E-state index contributed by atoms with van der Waals surface area (Å²) in [5.74, 6) is 0.944. The number of benzene rings is 1. The highest BCUT2D eigenvalue weighted by Gasteiger charge is 2.30. The lowest BCUT2D eigenvalue weighted by molar-refractivity contribution is -0.118. The average Bonchev–Trinajstić information content (AvgIpc) is 2.89. The standard InChI is InChI=1S/C22H28N2O2/c1-22(2)13-16-11-21(26-3)17(14-23)10-18(16)19(24-22)12-20(25)15-8-6-4-5-7-9-15/h10-12,15,24H,4-9,13H2,1-3H3. The zero-order chi connectivity index (χ0) is 18.7. The normalized spacial score (nSPS) is 21.2. The van der Waals surface area contributed by atoms with E-state index in [-0.39, 0.29) is 17.2 Å². The summed E-state index contributed by atoms with van der Waals surface area (Å²) in [7, 11) is 1.58. The Hall–Kier alpha value is -2.28. The van der Waals surface area contributed by atoms with Gasteiger partial charge in [-0.3, -0.25) is 4.79 Å². The lowest BCUT2D eigenvalue weighted by atomic mass is 9.84. The first kappa shape index (κ1) is 18.5. The molecule has 1 fully saturated rings. The van der Waals surface area contributed by atoms with E-state index in [1.807, 2.05) is 12.1 Å². The van der Waals surface area contributed by atoms with Crippen molar-refractivity contribution >= 4 is 11.5 Å². The molecule has 1 N–H and O–H groups in total. The Labute approximate surface area is 156 Å². The second-order valence-corrected chi connectivity index (χ2v) is 8.16. The number of hydrogen-bond donors (Lipinski definition) is 1. The van der Waals surface area contributed by atoms with Gasteiger partial charge in [0.15, 0.2) is 5.78 Å². The summed E-state index contributed by atoms with van der Waals surface area (Å²) in [4.78, 5) is 12.9. The number of nitrogens with one attached hydrogen (secondary N) is 1. The molecule has 1 saturated carbocycles. The average molecular weight is 352 g/mol. The van der Waals surface area contributed by atoms with Crippen LogP contribution < -0.4 is 10.1 Å². The van der Waals surface area contributed by atoms with Gasteiger partial charge in [-0.1, -0.05) is 25.7 Å². The van der Waals surface area contributed by atoms with Crippen LogP contribution in [0.3, 0.4) is 0 Å². The van der Waals surface area contributed by atoms with E-state index < -0.39 is 0 Å². The predicted octanol–water partition coefficient (Wildman–Crippen LogP) is 4.37. The Kier molecular flexibility index (Phi) is 5.36. The fraction of sp³-hybridized carbons (Fsp3) is 0.545. The molecule has 0 aromatic heterocycles. The van der Waals surface area contributed by atoms with Crippen LogP contribution in [0.5, 0.6) is 5.75 Å². The topological polar surface area (TPSA) is 62.1 Å². The number of allylic oxidation sites excluding steroid dienone is 1. The van der Waals surface area contributed by atoms with Gasteiger partial charge in [0.25, 0.3) is 0 Å². The third-order valence-electron chi connectivity index (χ3n) is 5.49. The quantitative estimate of drug-likeness (QED) is 0.648. The lowest BCUT2D eigenvalue weighted by Gasteiger charge is -2.36. The number of nitriles is 1. The van der Waals surface area contributed by atoms with Crippen LogP contribution in [0.15, 0.2) is 18.2 Å². The highest BCUT2D eigenvalue weighted by Crippen LogP contribution is 2.35. The summed E-state index contributed by atoms with van der Waals surface area (Å²) in [5.41, 5.74) is 3.25. The van der Waals surface area contributed by atoms with E-state index in [0.717, 1.165) is 48.9 Å². The smallest absolute Gasteiger partial charge is 0.160 e. The fourth-order valence-electron chi connectivity index (χ4n) is 4.17. The van der Waals surface area contributed by atoms with E-state index in [1.165, 1.54) is 12.8 Å². The minimum absolute atomic E-state index is 0.133. The van der Waals surface area contributed by atoms with Crippen molar-refractivity contribution in [2.75, 3.05) is 7.11 Å². The van der Waals surface area contributed by atoms with E-state index in [2.05, 4.69) is 25.2 Å². The Morgan fingerprint density at radius 2 is 1.96 bits per heavy atom. The van der Waals surface area contributed by atoms with E-state index >= 15 is 0 Å². The summed E-state index contributed by atoms with van der Waals surface area (Å²) < 4.78 is 5.37. The molecule has 0 unspecified atom stereocenters. The second kappa shape index (κ2) is 7.53. The predicted molar refractivity (Wildman–Crippen MR) is 103 cm³/mol. The Balaban J connectivity index is 1.99. The highest BCUT2D eigenvalue weighted by atomic mass is 16.5. The molecule has 1 aromatic carbocycles. The zero-order valence-corrected chi connectivity index (χ0v) is 16.0. The first-order valence-corrected chi connectivity index (χ1v) is 9.58. The number of ketones is 1. The second-order valence-electron chi connectivity index (χ2n) is 8.16. The van der Waals surface area contributed by atoms with E-state index in [1.54, 1.807) is 13.2 Å². The van der Waals surface area contributed by atoms with E-state index in [4.69, 9.17) is 4.74 Å². The molecule has 3 rings (SSSR count). The van der Waals surface area contributed by atoms with Crippen LogP contribution in [0.1, 0.15) is 69.1 Å². The van der Waals surface area contributed by atoms with Crippen LogP contribution in [0.4, 0.5) is 0 Å². The van der Waals surface area contributed by atoms with Gasteiger partial charge < -0.3 is 10.1 Å². The molecule has 4 nitrogen and oxygen atoms in total. The van der Waals surface area contributed by atoms with Crippen LogP contribution >= 0.6 is 0 Å². The van der Waals surface area contributed by atoms with Crippen LogP contribution in [0.25, 0.3) is 5.70 Å². The molecule has 26 heavy (non-hydrogen) atoms. The number of carbonyl (C=O) groups excluding carboxylic acids is 1. The van der Waals surface area contributed by atoms with Crippen molar-refractivity contribution in [2.45, 2.75) is 64.3 Å². The van der Waals surface area contributed by atoms with Crippen molar-refractivity contribution in [1.82, 2.24) is 5.32 Å². The number of ether oxygens (including phenoxy) is 1. The zero-order valence-electron chi connectivity index (χ0n) is 16.0. The first-order valence-electron chi connectivity index (χ1n) is 9.58. The van der Waals surface area contributed by atoms with Crippen molar-refractivity contribution in [2.24, 2.45) is 5.92 Å². The first-order chi connectivity index (χ1) is 12.4. The maximum Gasteiger partial charge on any atom is 0.160 e. The third kappa shape index (κ3) is 3.93. The van der Waals surface area contributed by atoms with Crippen molar-refractivity contribution in [1.29, 1.82) is 5.26 Å². The van der Waals surface area contributed by atoms with Crippen LogP contribution in [0, 0.1) is 17.2 Å². The summed E-state index contributed by atoms with van der Waals surface area (Å²) in [5, 5.41) is 12.9. The maximum absolute atomic E-state index is 12.9. The van der Waals surface area contributed by atoms with Crippen molar-refractivity contribution in [3.8, 4) is 11.8 Å². The summed E-state index contributed by atoms with van der Waals surface area (Å²) in [6.07, 6.45) is 9.34. The molecule has 1 aliphatic carbocycles. The molecule has 0 atom stereocenters. The van der Waals surface area contributed by atoms with Gasteiger partial charge in [-0.05, 0) is 50.8 Å². The van der Waals surface area contributed by atoms with Gasteiger partial charge >= 0.3 is 0 Å². The molecule has 0 spiro atoms. The van der Waals surface area contributed by atoms with Gasteiger partial charge in [-0.2, -0.15) is 5.26 Å². The summed E-state index contributed by atoms with van der Waals surface area (Å²) in [6.45, 7) is 4.26. The molecule has 4 heteroatoms. The largest absolute Gasteiger partial charge is 0.495 e.